The molecule has 1 aromatic carbocycles. The lowest BCUT2D eigenvalue weighted by Crippen LogP contribution is -2.06. The Bertz CT molecular complexity index is 534. The zero-order valence-corrected chi connectivity index (χ0v) is 11.3. The molecule has 1 unspecified atom stereocenters. The Morgan fingerprint density at radius 2 is 1.89 bits per heavy atom. The number of hydrogen-bond donors (Lipinski definition) is 2. The van der Waals surface area contributed by atoms with E-state index in [1.54, 1.807) is 7.11 Å². The minimum atomic E-state index is -0.236. The molecule has 0 aliphatic heterocycles. The minimum Gasteiger partial charge on any atom is -0.497 e. The number of nitrogens with zero attached hydrogens (tertiary/aromatic N) is 1. The number of H-pyrrole nitrogens is 1. The van der Waals surface area contributed by atoms with Crippen LogP contribution in [0.2, 0.25) is 0 Å². The summed E-state index contributed by atoms with van der Waals surface area (Å²) < 4.78 is 10.9. The topological polar surface area (TPSA) is 67.4 Å². The number of aryl methyl sites for hydroxylation is 1. The Morgan fingerprint density at radius 3 is 2.47 bits per heavy atom. The molecule has 0 amide bonds. The number of methoxy groups -OCH3 is 1. The lowest BCUT2D eigenvalue weighted by atomic mass is 10.1. The molecule has 0 saturated heterocycles. The SMILES string of the molecule is COc1ccc(OC(C)c2n[nH]c(C)c2CO)cc1. The molecule has 0 aliphatic rings. The molecule has 2 rings (SSSR count). The van der Waals surface area contributed by atoms with E-state index in [2.05, 4.69) is 10.2 Å². The van der Waals surface area contributed by atoms with Crippen molar-refractivity contribution in [2.45, 2.75) is 26.6 Å². The van der Waals surface area contributed by atoms with Gasteiger partial charge in [0.2, 0.25) is 0 Å². The van der Waals surface area contributed by atoms with Gasteiger partial charge in [0.1, 0.15) is 23.3 Å². The Balaban J connectivity index is 2.13. The van der Waals surface area contributed by atoms with Gasteiger partial charge in [-0.15, -0.1) is 0 Å². The molecule has 2 N–H and O–H groups in total. The number of rotatable bonds is 5. The number of aliphatic hydroxyl groups is 1. The summed E-state index contributed by atoms with van der Waals surface area (Å²) in [6, 6.07) is 7.36. The van der Waals surface area contributed by atoms with E-state index in [1.165, 1.54) is 0 Å². The van der Waals surface area contributed by atoms with Crippen LogP contribution in [0.1, 0.15) is 30.0 Å². The molecule has 1 heterocycles. The van der Waals surface area contributed by atoms with E-state index in [4.69, 9.17) is 9.47 Å². The molecule has 1 aromatic heterocycles. The molecular formula is C14H18N2O3. The molecule has 0 radical (unpaired) electrons. The van der Waals surface area contributed by atoms with Crippen molar-refractivity contribution < 1.29 is 14.6 Å². The minimum absolute atomic E-state index is 0.0476. The van der Waals surface area contributed by atoms with Crippen LogP contribution in [0.5, 0.6) is 11.5 Å². The quantitative estimate of drug-likeness (QED) is 0.868. The number of ether oxygens (including phenoxy) is 2. The summed E-state index contributed by atoms with van der Waals surface area (Å²) in [7, 11) is 1.62. The van der Waals surface area contributed by atoms with Gasteiger partial charge in [0.25, 0.3) is 0 Å². The van der Waals surface area contributed by atoms with Crippen LogP contribution in [-0.2, 0) is 6.61 Å². The fourth-order valence-electron chi connectivity index (χ4n) is 1.92. The first-order chi connectivity index (χ1) is 9.15. The largest absolute Gasteiger partial charge is 0.497 e. The molecule has 19 heavy (non-hydrogen) atoms. The number of benzene rings is 1. The van der Waals surface area contributed by atoms with E-state index in [9.17, 15) is 5.11 Å². The second-order valence-corrected chi connectivity index (χ2v) is 4.31. The van der Waals surface area contributed by atoms with Crippen LogP contribution in [-0.4, -0.2) is 22.4 Å². The van der Waals surface area contributed by atoms with Crippen LogP contribution in [0.3, 0.4) is 0 Å². The smallest absolute Gasteiger partial charge is 0.140 e. The molecule has 5 heteroatoms. The van der Waals surface area contributed by atoms with Crippen molar-refractivity contribution in [2.24, 2.45) is 0 Å². The summed E-state index contributed by atoms with van der Waals surface area (Å²) in [5.41, 5.74) is 2.39. The van der Waals surface area contributed by atoms with Crippen LogP contribution in [0, 0.1) is 6.92 Å². The maximum atomic E-state index is 9.34. The number of aromatic nitrogens is 2. The summed E-state index contributed by atoms with van der Waals surface area (Å²) in [4.78, 5) is 0. The van der Waals surface area contributed by atoms with Gasteiger partial charge in [0.15, 0.2) is 0 Å². The van der Waals surface area contributed by atoms with Crippen molar-refractivity contribution in [2.75, 3.05) is 7.11 Å². The fraction of sp³-hybridized carbons (Fsp3) is 0.357. The van der Waals surface area contributed by atoms with Crippen molar-refractivity contribution in [1.29, 1.82) is 0 Å². The summed E-state index contributed by atoms with van der Waals surface area (Å²) >= 11 is 0. The van der Waals surface area contributed by atoms with Gasteiger partial charge in [-0.2, -0.15) is 5.10 Å². The Kier molecular flexibility index (Phi) is 4.06. The Morgan fingerprint density at radius 1 is 1.26 bits per heavy atom. The van der Waals surface area contributed by atoms with Crippen LogP contribution in [0.25, 0.3) is 0 Å². The van der Waals surface area contributed by atoms with Crippen molar-refractivity contribution in [3.63, 3.8) is 0 Å². The first-order valence-corrected chi connectivity index (χ1v) is 6.11. The third kappa shape index (κ3) is 2.88. The van der Waals surface area contributed by atoms with Crippen molar-refractivity contribution >= 4 is 0 Å². The second kappa shape index (κ2) is 5.75. The van der Waals surface area contributed by atoms with Crippen LogP contribution < -0.4 is 9.47 Å². The van der Waals surface area contributed by atoms with Gasteiger partial charge >= 0.3 is 0 Å². The van der Waals surface area contributed by atoms with Gasteiger partial charge in [-0.25, -0.2) is 0 Å². The second-order valence-electron chi connectivity index (χ2n) is 4.31. The van der Waals surface area contributed by atoms with Gasteiger partial charge in [-0.05, 0) is 38.1 Å². The van der Waals surface area contributed by atoms with Gasteiger partial charge in [0.05, 0.1) is 13.7 Å². The standard InChI is InChI=1S/C14H18N2O3/c1-9-13(8-17)14(16-15-9)10(2)19-12-6-4-11(18-3)5-7-12/h4-7,10,17H,8H2,1-3H3,(H,15,16). The van der Waals surface area contributed by atoms with Crippen LogP contribution in [0.4, 0.5) is 0 Å². The van der Waals surface area contributed by atoms with E-state index in [0.717, 1.165) is 28.5 Å². The van der Waals surface area contributed by atoms with Gasteiger partial charge in [-0.1, -0.05) is 0 Å². The Hall–Kier alpha value is -2.01. The van der Waals surface area contributed by atoms with E-state index in [0.29, 0.717) is 0 Å². The summed E-state index contributed by atoms with van der Waals surface area (Å²) in [6.45, 7) is 3.73. The highest BCUT2D eigenvalue weighted by molar-refractivity contribution is 5.32. The lowest BCUT2D eigenvalue weighted by Gasteiger charge is -2.14. The maximum absolute atomic E-state index is 9.34. The summed E-state index contributed by atoms with van der Waals surface area (Å²) in [6.07, 6.45) is -0.236. The van der Waals surface area contributed by atoms with Crippen molar-refractivity contribution in [3.05, 3.63) is 41.2 Å². The monoisotopic (exact) mass is 262 g/mol. The molecule has 1 atom stereocenters. The highest BCUT2D eigenvalue weighted by Gasteiger charge is 2.17. The molecule has 5 nitrogen and oxygen atoms in total. The predicted octanol–water partition coefficient (Wildman–Crippen LogP) is 2.36. The molecule has 2 aromatic rings. The normalized spacial score (nSPS) is 12.2. The predicted molar refractivity (Wildman–Crippen MR) is 71.3 cm³/mol. The molecule has 0 fully saturated rings. The number of hydrogen-bond acceptors (Lipinski definition) is 4. The summed E-state index contributed by atoms with van der Waals surface area (Å²) in [5, 5.41) is 16.4. The van der Waals surface area contributed by atoms with E-state index in [-0.39, 0.29) is 12.7 Å². The van der Waals surface area contributed by atoms with Crippen molar-refractivity contribution in [3.8, 4) is 11.5 Å². The molecular weight excluding hydrogens is 244 g/mol. The van der Waals surface area contributed by atoms with E-state index in [1.807, 2.05) is 38.1 Å². The van der Waals surface area contributed by atoms with E-state index >= 15 is 0 Å². The molecule has 102 valence electrons. The number of aromatic amines is 1. The van der Waals surface area contributed by atoms with Gasteiger partial charge < -0.3 is 14.6 Å². The fourth-order valence-corrected chi connectivity index (χ4v) is 1.92. The van der Waals surface area contributed by atoms with Crippen LogP contribution >= 0.6 is 0 Å². The zero-order chi connectivity index (χ0) is 13.8. The van der Waals surface area contributed by atoms with Gasteiger partial charge in [-0.3, -0.25) is 5.10 Å². The molecule has 0 bridgehead atoms. The first-order valence-electron chi connectivity index (χ1n) is 6.11. The highest BCUT2D eigenvalue weighted by Crippen LogP contribution is 2.25. The molecule has 0 aliphatic carbocycles. The molecule has 0 saturated carbocycles. The molecule has 0 spiro atoms. The Labute approximate surface area is 112 Å². The third-order valence-electron chi connectivity index (χ3n) is 3.02. The van der Waals surface area contributed by atoms with Gasteiger partial charge in [0, 0.05) is 11.3 Å². The number of nitrogens with one attached hydrogen (secondary N) is 1. The average molecular weight is 262 g/mol. The highest BCUT2D eigenvalue weighted by atomic mass is 16.5. The zero-order valence-electron chi connectivity index (χ0n) is 11.3. The summed E-state index contributed by atoms with van der Waals surface area (Å²) in [5.74, 6) is 1.52. The third-order valence-corrected chi connectivity index (χ3v) is 3.02. The lowest BCUT2D eigenvalue weighted by molar-refractivity contribution is 0.214. The van der Waals surface area contributed by atoms with Crippen LogP contribution in [0.15, 0.2) is 24.3 Å². The maximum Gasteiger partial charge on any atom is 0.140 e. The first kappa shape index (κ1) is 13.4. The van der Waals surface area contributed by atoms with E-state index < -0.39 is 0 Å². The number of aliphatic hydroxyl groups excluding tert-OH is 1. The average Bonchev–Trinajstić information content (AvgIpc) is 2.80. The van der Waals surface area contributed by atoms with Crippen molar-refractivity contribution in [1.82, 2.24) is 10.2 Å².